The van der Waals surface area contributed by atoms with Crippen LogP contribution in [0, 0.1) is 0 Å². The van der Waals surface area contributed by atoms with E-state index in [0.717, 1.165) is 0 Å². The number of esters is 1. The summed E-state index contributed by atoms with van der Waals surface area (Å²) in [7, 11) is 11.4. The molecule has 0 saturated carbocycles. The molecule has 0 aliphatic carbocycles. The minimum absolute atomic E-state index is 0.132. The molecule has 0 spiro atoms. The Bertz CT molecular complexity index is 84.1. The van der Waals surface area contributed by atoms with Crippen molar-refractivity contribution in [2.75, 3.05) is 7.11 Å². The van der Waals surface area contributed by atoms with Crippen LogP contribution in [0.25, 0.3) is 0 Å². The molecule has 1 atom stereocenters. The first kappa shape index (κ1) is 7.60. The first-order valence-corrected chi connectivity index (χ1v) is 2.26. The molecule has 0 saturated heterocycles. The highest BCUT2D eigenvalue weighted by atomic mass is 16.5. The summed E-state index contributed by atoms with van der Waals surface area (Å²) < 4.78 is 4.26. The van der Waals surface area contributed by atoms with E-state index in [1.807, 2.05) is 0 Å². The molecule has 0 amide bonds. The minimum Gasteiger partial charge on any atom is -0.469 e. The summed E-state index contributed by atoms with van der Waals surface area (Å²) in [5, 5.41) is 0. The third-order valence-corrected chi connectivity index (χ3v) is 0.758. The maximum absolute atomic E-state index is 10.3. The van der Waals surface area contributed by atoms with E-state index < -0.39 is 11.8 Å². The van der Waals surface area contributed by atoms with Gasteiger partial charge in [0.15, 0.2) is 0 Å². The van der Waals surface area contributed by atoms with Gasteiger partial charge in [0.1, 0.15) is 0 Å². The molecule has 0 N–H and O–H groups in total. The van der Waals surface area contributed by atoms with E-state index in [9.17, 15) is 4.79 Å². The molecule has 4 radical (unpaired) electrons. The first-order chi connectivity index (χ1) is 3.72. The monoisotopic (exact) mass is 108 g/mol. The molecule has 0 aromatic carbocycles. The van der Waals surface area contributed by atoms with Gasteiger partial charge in [0.2, 0.25) is 0 Å². The van der Waals surface area contributed by atoms with Crippen molar-refractivity contribution in [3.63, 3.8) is 0 Å². The zero-order valence-electron chi connectivity index (χ0n) is 4.76. The molecule has 8 heavy (non-hydrogen) atoms. The van der Waals surface area contributed by atoms with Crippen LogP contribution in [-0.4, -0.2) is 28.8 Å². The van der Waals surface area contributed by atoms with Gasteiger partial charge in [0.25, 0.3) is 5.97 Å². The molecule has 0 aromatic rings. The van der Waals surface area contributed by atoms with Gasteiger partial charge in [-0.25, -0.2) is 0 Å². The number of rotatable bonds is 2. The fourth-order valence-corrected chi connectivity index (χ4v) is 0.248. The Morgan fingerprint density at radius 3 is 2.50 bits per heavy atom. The van der Waals surface area contributed by atoms with E-state index in [1.165, 1.54) is 7.11 Å². The molecule has 2 nitrogen and oxygen atoms in total. The Hall–Kier alpha value is -0.400. The van der Waals surface area contributed by atoms with Crippen molar-refractivity contribution >= 4 is 21.7 Å². The Morgan fingerprint density at radius 1 is 1.88 bits per heavy atom. The molecule has 4 heteroatoms. The van der Waals surface area contributed by atoms with Crippen molar-refractivity contribution in [2.45, 2.75) is 12.1 Å². The van der Waals surface area contributed by atoms with Crippen molar-refractivity contribution in [2.24, 2.45) is 0 Å². The second-order valence-electron chi connectivity index (χ2n) is 1.37. The second-order valence-corrected chi connectivity index (χ2v) is 1.37. The summed E-state index contributed by atoms with van der Waals surface area (Å²) in [5.74, 6) is -1.13. The average Bonchev–Trinajstić information content (AvgIpc) is 1.84. The molecule has 0 aliphatic rings. The lowest BCUT2D eigenvalue weighted by atomic mass is 9.77. The highest BCUT2D eigenvalue weighted by molar-refractivity contribution is 6.27. The number of ether oxygens (including phenoxy) is 1. The first-order valence-electron chi connectivity index (χ1n) is 2.26. The average molecular weight is 108 g/mol. The van der Waals surface area contributed by atoms with Crippen molar-refractivity contribution in [1.29, 1.82) is 0 Å². The van der Waals surface area contributed by atoms with E-state index in [1.54, 1.807) is 0 Å². The van der Waals surface area contributed by atoms with E-state index in [-0.39, 0.29) is 6.32 Å². The summed E-state index contributed by atoms with van der Waals surface area (Å²) in [6, 6.07) is 0. The fraction of sp³-hybridized carbons (Fsp3) is 0.750. The second kappa shape index (κ2) is 3.58. The zero-order chi connectivity index (χ0) is 6.57. The SMILES string of the molecule is [B]CC([B])C(=O)OC. The summed E-state index contributed by atoms with van der Waals surface area (Å²) in [4.78, 5) is 10.3. The van der Waals surface area contributed by atoms with Crippen LogP contribution in [0.3, 0.4) is 0 Å². The van der Waals surface area contributed by atoms with Crippen LogP contribution in [0.4, 0.5) is 0 Å². The normalized spacial score (nSPS) is 12.6. The lowest BCUT2D eigenvalue weighted by Gasteiger charge is -2.03. The Labute approximate surface area is 51.4 Å². The van der Waals surface area contributed by atoms with Gasteiger partial charge in [-0.2, -0.15) is 0 Å². The van der Waals surface area contributed by atoms with Gasteiger partial charge < -0.3 is 4.74 Å². The highest BCUT2D eigenvalue weighted by Gasteiger charge is 2.07. The van der Waals surface area contributed by atoms with Gasteiger partial charge in [-0.3, -0.25) is 4.79 Å². The van der Waals surface area contributed by atoms with E-state index >= 15 is 0 Å². The molecular formula is C4H6B2O2. The molecule has 0 aromatic heterocycles. The van der Waals surface area contributed by atoms with Crippen molar-refractivity contribution in [3.05, 3.63) is 0 Å². The van der Waals surface area contributed by atoms with Gasteiger partial charge in [-0.05, 0) is 0 Å². The predicted octanol–water partition coefficient (Wildman–Crippen LogP) is -0.297. The topological polar surface area (TPSA) is 26.3 Å². The fourth-order valence-electron chi connectivity index (χ4n) is 0.248. The maximum Gasteiger partial charge on any atom is 0.299 e. The number of carbonyl (C=O) groups is 1. The predicted molar refractivity (Wildman–Crippen MR) is 32.1 cm³/mol. The molecule has 0 bridgehead atoms. The molecule has 0 aliphatic heterocycles. The number of methoxy groups -OCH3 is 1. The summed E-state index contributed by atoms with van der Waals surface area (Å²) in [6.45, 7) is 0. The summed E-state index contributed by atoms with van der Waals surface area (Å²) in [5.41, 5.74) is 0. The number of carbonyl (C=O) groups excluding carboxylic acids is 1. The lowest BCUT2D eigenvalue weighted by molar-refractivity contribution is -0.140. The molecule has 0 heterocycles. The zero-order valence-corrected chi connectivity index (χ0v) is 4.76. The summed E-state index contributed by atoms with van der Waals surface area (Å²) in [6.07, 6.45) is 0.132. The third kappa shape index (κ3) is 2.05. The van der Waals surface area contributed by atoms with Crippen LogP contribution in [0.5, 0.6) is 0 Å². The molecule has 0 rings (SSSR count). The summed E-state index contributed by atoms with van der Waals surface area (Å²) >= 11 is 0. The Morgan fingerprint density at radius 2 is 2.38 bits per heavy atom. The maximum atomic E-state index is 10.3. The molecule has 1 unspecified atom stereocenters. The quantitative estimate of drug-likeness (QED) is 0.358. The lowest BCUT2D eigenvalue weighted by Crippen LogP contribution is -2.09. The third-order valence-electron chi connectivity index (χ3n) is 0.758. The standard InChI is InChI=1S/C4H6B2O2/c1-8-4(7)3(6)2-5/h3H,2H2,1H3. The van der Waals surface area contributed by atoms with E-state index in [2.05, 4.69) is 4.74 Å². The number of hydrogen-bond acceptors (Lipinski definition) is 2. The van der Waals surface area contributed by atoms with Crippen LogP contribution >= 0.6 is 0 Å². The Balaban J connectivity index is 3.46. The molecule has 0 fully saturated rings. The Kier molecular flexibility index (Phi) is 3.40. The smallest absolute Gasteiger partial charge is 0.299 e. The highest BCUT2D eigenvalue weighted by Crippen LogP contribution is 2.03. The van der Waals surface area contributed by atoms with E-state index in [4.69, 9.17) is 15.7 Å². The van der Waals surface area contributed by atoms with Crippen molar-refractivity contribution in [1.82, 2.24) is 0 Å². The van der Waals surface area contributed by atoms with Crippen LogP contribution in [0.1, 0.15) is 0 Å². The van der Waals surface area contributed by atoms with Gasteiger partial charge in [-0.1, -0.05) is 6.32 Å². The molecular weight excluding hydrogens is 102 g/mol. The van der Waals surface area contributed by atoms with Gasteiger partial charge in [0.05, 0.1) is 22.8 Å². The van der Waals surface area contributed by atoms with Crippen LogP contribution in [-0.2, 0) is 9.53 Å². The van der Waals surface area contributed by atoms with E-state index in [0.29, 0.717) is 0 Å². The van der Waals surface area contributed by atoms with Gasteiger partial charge in [-0.15, -0.1) is 0 Å². The van der Waals surface area contributed by atoms with Crippen LogP contribution in [0.2, 0.25) is 12.1 Å². The number of hydrogen-bond donors (Lipinski definition) is 0. The van der Waals surface area contributed by atoms with Crippen LogP contribution in [0.15, 0.2) is 0 Å². The molecule has 40 valence electrons. The van der Waals surface area contributed by atoms with Crippen molar-refractivity contribution < 1.29 is 9.53 Å². The largest absolute Gasteiger partial charge is 0.469 e. The van der Waals surface area contributed by atoms with Gasteiger partial charge >= 0.3 is 0 Å². The van der Waals surface area contributed by atoms with Crippen molar-refractivity contribution in [3.8, 4) is 0 Å². The van der Waals surface area contributed by atoms with Gasteiger partial charge in [0, 0.05) is 5.82 Å². The minimum atomic E-state index is -0.667. The van der Waals surface area contributed by atoms with Crippen LogP contribution < -0.4 is 0 Å².